The second-order valence-corrected chi connectivity index (χ2v) is 5.89. The van der Waals surface area contributed by atoms with Gasteiger partial charge in [0, 0.05) is 5.56 Å². The molecule has 27 heavy (non-hydrogen) atoms. The molecule has 0 spiro atoms. The molecule has 0 unspecified atom stereocenters. The summed E-state index contributed by atoms with van der Waals surface area (Å²) in [5.74, 6) is 0.212. The summed E-state index contributed by atoms with van der Waals surface area (Å²) in [4.78, 5) is 24.5. The number of methoxy groups -OCH3 is 2. The number of ether oxygens (including phenoxy) is 2. The van der Waals surface area contributed by atoms with Crippen molar-refractivity contribution in [3.05, 3.63) is 71.8 Å². The van der Waals surface area contributed by atoms with E-state index in [2.05, 4.69) is 10.9 Å². The Hall–Kier alpha value is -3.54. The Bertz CT molecular complexity index is 980. The van der Waals surface area contributed by atoms with Crippen molar-refractivity contribution < 1.29 is 19.1 Å². The summed E-state index contributed by atoms with van der Waals surface area (Å²) in [7, 11) is 3.01. The van der Waals surface area contributed by atoms with E-state index in [0.29, 0.717) is 17.1 Å². The van der Waals surface area contributed by atoms with Crippen LogP contribution in [0.2, 0.25) is 0 Å². The summed E-state index contributed by atoms with van der Waals surface area (Å²) in [6, 6.07) is 18.4. The highest BCUT2D eigenvalue weighted by Crippen LogP contribution is 2.27. The van der Waals surface area contributed by atoms with Gasteiger partial charge in [-0.15, -0.1) is 0 Å². The second kappa shape index (κ2) is 8.23. The number of carbonyl (C=O) groups excluding carboxylic acids is 2. The van der Waals surface area contributed by atoms with Gasteiger partial charge in [0.05, 0.1) is 20.6 Å². The first-order chi connectivity index (χ1) is 13.1. The first kappa shape index (κ1) is 18.3. The zero-order valence-electron chi connectivity index (χ0n) is 15.1. The van der Waals surface area contributed by atoms with Gasteiger partial charge in [-0.25, -0.2) is 0 Å². The quantitative estimate of drug-likeness (QED) is 0.683. The summed E-state index contributed by atoms with van der Waals surface area (Å²) in [5, 5.41) is 2.08. The van der Waals surface area contributed by atoms with Crippen LogP contribution in [0, 0.1) is 0 Å². The molecular formula is C21H20N2O4. The van der Waals surface area contributed by atoms with Crippen molar-refractivity contribution in [3.8, 4) is 11.5 Å². The van der Waals surface area contributed by atoms with Crippen molar-refractivity contribution in [2.75, 3.05) is 14.2 Å². The van der Waals surface area contributed by atoms with Gasteiger partial charge < -0.3 is 9.47 Å². The number of hydrogen-bond donors (Lipinski definition) is 2. The van der Waals surface area contributed by atoms with E-state index in [9.17, 15) is 9.59 Å². The molecule has 0 fully saturated rings. The fraction of sp³-hybridized carbons (Fsp3) is 0.143. The van der Waals surface area contributed by atoms with Gasteiger partial charge >= 0.3 is 0 Å². The van der Waals surface area contributed by atoms with Crippen LogP contribution in [0.25, 0.3) is 10.8 Å². The predicted molar refractivity (Wildman–Crippen MR) is 103 cm³/mol. The molecule has 0 aliphatic carbocycles. The highest BCUT2D eigenvalue weighted by Gasteiger charge is 2.12. The minimum atomic E-state index is -0.442. The van der Waals surface area contributed by atoms with Gasteiger partial charge in [-0.05, 0) is 34.5 Å². The van der Waals surface area contributed by atoms with Crippen LogP contribution < -0.4 is 20.3 Å². The molecule has 0 heterocycles. The van der Waals surface area contributed by atoms with E-state index >= 15 is 0 Å². The lowest BCUT2D eigenvalue weighted by atomic mass is 10.0. The standard InChI is InChI=1S/C21H20N2O4/c1-26-18-11-10-16(12-19(18)27-2)21(25)23-22-20(24)13-15-8-5-7-14-6-3-4-9-17(14)15/h3-12H,13H2,1-2H3,(H,22,24)(H,23,25). The molecular weight excluding hydrogens is 344 g/mol. The lowest BCUT2D eigenvalue weighted by Crippen LogP contribution is -2.42. The highest BCUT2D eigenvalue weighted by molar-refractivity contribution is 5.96. The van der Waals surface area contributed by atoms with E-state index in [1.54, 1.807) is 18.2 Å². The topological polar surface area (TPSA) is 76.7 Å². The van der Waals surface area contributed by atoms with Crippen molar-refractivity contribution in [2.24, 2.45) is 0 Å². The first-order valence-electron chi connectivity index (χ1n) is 8.40. The SMILES string of the molecule is COc1ccc(C(=O)NNC(=O)Cc2cccc3ccccc23)cc1OC. The van der Waals surface area contributed by atoms with Crippen LogP contribution in [-0.2, 0) is 11.2 Å². The summed E-state index contributed by atoms with van der Waals surface area (Å²) in [5.41, 5.74) is 6.11. The zero-order valence-corrected chi connectivity index (χ0v) is 15.1. The molecule has 2 N–H and O–H groups in total. The maximum atomic E-state index is 12.3. The van der Waals surface area contributed by atoms with E-state index < -0.39 is 5.91 Å². The largest absolute Gasteiger partial charge is 0.493 e. The second-order valence-electron chi connectivity index (χ2n) is 5.89. The lowest BCUT2D eigenvalue weighted by Gasteiger charge is -2.11. The number of hydrogen-bond acceptors (Lipinski definition) is 4. The van der Waals surface area contributed by atoms with Crippen LogP contribution in [0.5, 0.6) is 11.5 Å². The molecule has 3 rings (SSSR count). The van der Waals surface area contributed by atoms with Crippen LogP contribution in [0.1, 0.15) is 15.9 Å². The van der Waals surface area contributed by atoms with Crippen molar-refractivity contribution in [1.82, 2.24) is 10.9 Å². The van der Waals surface area contributed by atoms with Crippen LogP contribution in [-0.4, -0.2) is 26.0 Å². The number of carbonyl (C=O) groups is 2. The molecule has 6 nitrogen and oxygen atoms in total. The summed E-state index contributed by atoms with van der Waals surface area (Å²) in [6.07, 6.45) is 0.160. The van der Waals surface area contributed by atoms with Gasteiger partial charge in [0.2, 0.25) is 5.91 Å². The Balaban J connectivity index is 1.64. The fourth-order valence-electron chi connectivity index (χ4n) is 2.84. The van der Waals surface area contributed by atoms with Gasteiger partial charge in [0.15, 0.2) is 11.5 Å². The molecule has 6 heteroatoms. The Morgan fingerprint density at radius 3 is 2.37 bits per heavy atom. The number of amides is 2. The summed E-state index contributed by atoms with van der Waals surface area (Å²) >= 11 is 0. The van der Waals surface area contributed by atoms with E-state index in [1.165, 1.54) is 14.2 Å². The Kier molecular flexibility index (Phi) is 5.56. The van der Waals surface area contributed by atoms with E-state index in [0.717, 1.165) is 16.3 Å². The molecule has 0 saturated carbocycles. The van der Waals surface area contributed by atoms with Crippen LogP contribution in [0.3, 0.4) is 0 Å². The Morgan fingerprint density at radius 1 is 0.852 bits per heavy atom. The lowest BCUT2D eigenvalue weighted by molar-refractivity contribution is -0.121. The number of benzene rings is 3. The van der Waals surface area contributed by atoms with Gasteiger partial charge in [0.1, 0.15) is 0 Å². The monoisotopic (exact) mass is 364 g/mol. The van der Waals surface area contributed by atoms with Crippen molar-refractivity contribution in [1.29, 1.82) is 0 Å². The molecule has 0 aliphatic heterocycles. The number of rotatable bonds is 5. The molecule has 0 atom stereocenters. The van der Waals surface area contributed by atoms with Crippen molar-refractivity contribution >= 4 is 22.6 Å². The molecule has 138 valence electrons. The average Bonchev–Trinajstić information content (AvgIpc) is 2.71. The van der Waals surface area contributed by atoms with Gasteiger partial charge in [-0.3, -0.25) is 20.4 Å². The normalized spacial score (nSPS) is 10.3. The summed E-state index contributed by atoms with van der Waals surface area (Å²) in [6.45, 7) is 0. The molecule has 3 aromatic rings. The predicted octanol–water partition coefficient (Wildman–Crippen LogP) is 2.86. The molecule has 0 radical (unpaired) electrons. The number of fused-ring (bicyclic) bond motifs is 1. The molecule has 0 aliphatic rings. The van der Waals surface area contributed by atoms with E-state index in [1.807, 2.05) is 42.5 Å². The van der Waals surface area contributed by atoms with Gasteiger partial charge in [-0.2, -0.15) is 0 Å². The minimum absolute atomic E-state index is 0.160. The minimum Gasteiger partial charge on any atom is -0.493 e. The number of nitrogens with one attached hydrogen (secondary N) is 2. The molecule has 0 saturated heterocycles. The van der Waals surface area contributed by atoms with Crippen LogP contribution in [0.4, 0.5) is 0 Å². The van der Waals surface area contributed by atoms with E-state index in [-0.39, 0.29) is 12.3 Å². The first-order valence-corrected chi connectivity index (χ1v) is 8.40. The van der Waals surface area contributed by atoms with Gasteiger partial charge in [0.25, 0.3) is 5.91 Å². The molecule has 2 amide bonds. The van der Waals surface area contributed by atoms with Crippen molar-refractivity contribution in [3.63, 3.8) is 0 Å². The molecule has 0 aromatic heterocycles. The van der Waals surface area contributed by atoms with Gasteiger partial charge in [-0.1, -0.05) is 42.5 Å². The zero-order chi connectivity index (χ0) is 19.2. The van der Waals surface area contributed by atoms with Crippen molar-refractivity contribution in [2.45, 2.75) is 6.42 Å². The average molecular weight is 364 g/mol. The molecule has 3 aromatic carbocycles. The Morgan fingerprint density at radius 2 is 1.59 bits per heavy atom. The maximum Gasteiger partial charge on any atom is 0.269 e. The highest BCUT2D eigenvalue weighted by atomic mass is 16.5. The maximum absolute atomic E-state index is 12.3. The molecule has 0 bridgehead atoms. The van der Waals surface area contributed by atoms with Crippen LogP contribution >= 0.6 is 0 Å². The van der Waals surface area contributed by atoms with Crippen LogP contribution in [0.15, 0.2) is 60.7 Å². The number of hydrazine groups is 1. The third-order valence-electron chi connectivity index (χ3n) is 4.19. The third kappa shape index (κ3) is 4.17. The van der Waals surface area contributed by atoms with E-state index in [4.69, 9.17) is 9.47 Å². The smallest absolute Gasteiger partial charge is 0.269 e. The Labute approximate surface area is 157 Å². The summed E-state index contributed by atoms with van der Waals surface area (Å²) < 4.78 is 10.3. The third-order valence-corrected chi connectivity index (χ3v) is 4.19. The fourth-order valence-corrected chi connectivity index (χ4v) is 2.84.